The Morgan fingerprint density at radius 2 is 1.79 bits per heavy atom. The van der Waals surface area contributed by atoms with Crippen molar-refractivity contribution in [2.24, 2.45) is 0 Å². The maximum Gasteiger partial charge on any atom is 0.137 e. The van der Waals surface area contributed by atoms with Gasteiger partial charge in [0.1, 0.15) is 5.65 Å². The first-order valence-electron chi connectivity index (χ1n) is 11.6. The minimum Gasteiger partial charge on any atom is -0.379 e. The van der Waals surface area contributed by atoms with E-state index in [1.807, 2.05) is 18.5 Å². The number of ether oxygens (including phenoxy) is 2. The van der Waals surface area contributed by atoms with E-state index >= 15 is 0 Å². The largest absolute Gasteiger partial charge is 0.379 e. The van der Waals surface area contributed by atoms with Crippen LogP contribution < -0.4 is 0 Å². The number of hydrogen-bond acceptors (Lipinski definition) is 6. The molecule has 0 bridgehead atoms. The van der Waals surface area contributed by atoms with E-state index in [1.54, 1.807) is 0 Å². The summed E-state index contributed by atoms with van der Waals surface area (Å²) in [5, 5.41) is 10.9. The number of nitriles is 1. The van der Waals surface area contributed by atoms with Gasteiger partial charge in [0.25, 0.3) is 0 Å². The van der Waals surface area contributed by atoms with Crippen molar-refractivity contribution in [3.05, 3.63) is 59.4 Å². The lowest BCUT2D eigenvalue weighted by Crippen LogP contribution is -2.36. The van der Waals surface area contributed by atoms with Crippen LogP contribution >= 0.6 is 0 Å². The van der Waals surface area contributed by atoms with Gasteiger partial charge in [-0.2, -0.15) is 5.26 Å². The molecule has 2 aromatic heterocycles. The first-order chi connectivity index (χ1) is 16.3. The van der Waals surface area contributed by atoms with Crippen LogP contribution in [0.25, 0.3) is 28.2 Å². The Hall–Kier alpha value is -3.02. The number of aromatic amines is 1. The Bertz CT molecular complexity index is 1170. The Morgan fingerprint density at radius 3 is 2.55 bits per heavy atom. The number of rotatable bonds is 6. The Balaban J connectivity index is 1.36. The average molecular weight is 444 g/mol. The van der Waals surface area contributed by atoms with Crippen molar-refractivity contribution in [2.45, 2.75) is 6.54 Å². The monoisotopic (exact) mass is 443 g/mol. The molecule has 0 unspecified atom stereocenters. The van der Waals surface area contributed by atoms with Gasteiger partial charge in [-0.3, -0.25) is 9.80 Å². The van der Waals surface area contributed by atoms with Crippen LogP contribution in [0.5, 0.6) is 0 Å². The lowest BCUT2D eigenvalue weighted by Gasteiger charge is -2.27. The maximum atomic E-state index is 9.80. The molecular formula is C26H29N5O2. The number of nitrogens with zero attached hydrogens (tertiary/aromatic N) is 4. The van der Waals surface area contributed by atoms with Crippen LogP contribution in [0.3, 0.4) is 0 Å². The van der Waals surface area contributed by atoms with Crippen molar-refractivity contribution in [3.8, 4) is 17.2 Å². The van der Waals surface area contributed by atoms with Crippen molar-refractivity contribution in [1.29, 1.82) is 5.26 Å². The number of hydrogen-bond donors (Lipinski definition) is 1. The topological polar surface area (TPSA) is 77.4 Å². The number of nitrogens with one attached hydrogen (secondary N) is 1. The third-order valence-electron chi connectivity index (χ3n) is 6.37. The zero-order valence-electron chi connectivity index (χ0n) is 18.8. The minimum absolute atomic E-state index is 0.725. The molecule has 1 aromatic carbocycles. The Kier molecular flexibility index (Phi) is 6.79. The van der Waals surface area contributed by atoms with Gasteiger partial charge in [0.2, 0.25) is 0 Å². The molecule has 2 saturated heterocycles. The predicted octanol–water partition coefficient (Wildman–Crippen LogP) is 3.28. The van der Waals surface area contributed by atoms with Crippen molar-refractivity contribution >= 4 is 17.1 Å². The Morgan fingerprint density at radius 1 is 1.03 bits per heavy atom. The number of benzene rings is 1. The van der Waals surface area contributed by atoms with Crippen LogP contribution in [0.2, 0.25) is 0 Å². The summed E-state index contributed by atoms with van der Waals surface area (Å²) in [6, 6.07) is 10.8. The summed E-state index contributed by atoms with van der Waals surface area (Å²) in [7, 11) is 0. The number of fused-ring (bicyclic) bond motifs is 1. The summed E-state index contributed by atoms with van der Waals surface area (Å²) >= 11 is 0. The van der Waals surface area contributed by atoms with Crippen LogP contribution in [0.1, 0.15) is 16.7 Å². The molecule has 0 spiro atoms. The van der Waals surface area contributed by atoms with Crippen molar-refractivity contribution in [3.63, 3.8) is 0 Å². The van der Waals surface area contributed by atoms with E-state index in [0.717, 1.165) is 105 Å². The molecule has 2 aliphatic rings. The fourth-order valence-electron chi connectivity index (χ4n) is 4.46. The molecule has 4 heterocycles. The van der Waals surface area contributed by atoms with Crippen LogP contribution in [0.15, 0.2) is 42.7 Å². The zero-order chi connectivity index (χ0) is 22.5. The van der Waals surface area contributed by atoms with Gasteiger partial charge < -0.3 is 14.5 Å². The molecule has 0 atom stereocenters. The van der Waals surface area contributed by atoms with E-state index < -0.39 is 0 Å². The quantitative estimate of drug-likeness (QED) is 0.630. The van der Waals surface area contributed by atoms with Crippen LogP contribution in [0.4, 0.5) is 0 Å². The van der Waals surface area contributed by atoms with Crippen LogP contribution in [-0.2, 0) is 16.0 Å². The molecule has 0 saturated carbocycles. The van der Waals surface area contributed by atoms with Crippen molar-refractivity contribution in [2.75, 3.05) is 59.2 Å². The fraction of sp³-hybridized carbons (Fsp3) is 0.385. The highest BCUT2D eigenvalue weighted by Crippen LogP contribution is 2.30. The summed E-state index contributed by atoms with van der Waals surface area (Å²) < 4.78 is 10.9. The molecule has 1 N–H and O–H groups in total. The van der Waals surface area contributed by atoms with E-state index in [4.69, 9.17) is 9.47 Å². The van der Waals surface area contributed by atoms with Gasteiger partial charge in [-0.1, -0.05) is 24.3 Å². The Labute approximate surface area is 194 Å². The zero-order valence-corrected chi connectivity index (χ0v) is 18.8. The molecule has 0 aliphatic carbocycles. The van der Waals surface area contributed by atoms with E-state index in [0.29, 0.717) is 0 Å². The SMILES string of the molecule is N#Cc1cc(-c2c[nH]c3ncc(C=CCN4CCOCC4)cc23)ccc1CN1CCOCC1. The molecule has 33 heavy (non-hydrogen) atoms. The molecule has 2 fully saturated rings. The van der Waals surface area contributed by atoms with E-state index in [-0.39, 0.29) is 0 Å². The predicted molar refractivity (Wildman–Crippen MR) is 129 cm³/mol. The highest BCUT2D eigenvalue weighted by atomic mass is 16.5. The van der Waals surface area contributed by atoms with E-state index in [9.17, 15) is 5.26 Å². The van der Waals surface area contributed by atoms with E-state index in [1.165, 1.54) is 0 Å². The lowest BCUT2D eigenvalue weighted by atomic mass is 9.99. The molecule has 7 nitrogen and oxygen atoms in total. The maximum absolute atomic E-state index is 9.80. The summed E-state index contributed by atoms with van der Waals surface area (Å²) in [5.74, 6) is 0. The molecule has 7 heteroatoms. The fourth-order valence-corrected chi connectivity index (χ4v) is 4.46. The number of H-pyrrole nitrogens is 1. The molecule has 0 amide bonds. The standard InChI is InChI=1S/C26H29N5O2/c27-16-23-15-21(3-4-22(23)19-31-8-12-33-13-9-31)25-18-29-26-24(25)14-20(17-28-26)2-1-5-30-6-10-32-11-7-30/h1-4,14-15,17-18H,5-13,19H2,(H,28,29). The smallest absolute Gasteiger partial charge is 0.137 e. The van der Waals surface area contributed by atoms with Gasteiger partial charge >= 0.3 is 0 Å². The van der Waals surface area contributed by atoms with Crippen LogP contribution in [-0.4, -0.2) is 78.9 Å². The third kappa shape index (κ3) is 5.15. The van der Waals surface area contributed by atoms with E-state index in [2.05, 4.69) is 56.2 Å². The van der Waals surface area contributed by atoms with Crippen molar-refractivity contribution < 1.29 is 9.47 Å². The highest BCUT2D eigenvalue weighted by molar-refractivity contribution is 5.94. The highest BCUT2D eigenvalue weighted by Gasteiger charge is 2.15. The molecular weight excluding hydrogens is 414 g/mol. The second kappa shape index (κ2) is 10.3. The molecule has 170 valence electrons. The summed E-state index contributed by atoms with van der Waals surface area (Å²) in [5.41, 5.74) is 5.80. The molecule has 5 rings (SSSR count). The van der Waals surface area contributed by atoms with Gasteiger partial charge in [0.15, 0.2) is 0 Å². The third-order valence-corrected chi connectivity index (χ3v) is 6.37. The number of aromatic nitrogens is 2. The second-order valence-corrected chi connectivity index (χ2v) is 8.55. The van der Waals surface area contributed by atoms with Gasteiger partial charge in [0, 0.05) is 62.6 Å². The van der Waals surface area contributed by atoms with Gasteiger partial charge in [-0.05, 0) is 28.8 Å². The first kappa shape index (κ1) is 21.8. The molecule has 3 aromatic rings. The van der Waals surface area contributed by atoms with Gasteiger partial charge in [-0.25, -0.2) is 4.98 Å². The summed E-state index contributed by atoms with van der Waals surface area (Å²) in [6.45, 7) is 8.59. The number of morpholine rings is 2. The average Bonchev–Trinajstić information content (AvgIpc) is 3.29. The normalized spacial score (nSPS) is 18.2. The lowest BCUT2D eigenvalue weighted by molar-refractivity contribution is 0.0341. The summed E-state index contributed by atoms with van der Waals surface area (Å²) in [4.78, 5) is 12.6. The molecule has 2 aliphatic heterocycles. The van der Waals surface area contributed by atoms with Crippen LogP contribution in [0, 0.1) is 11.3 Å². The van der Waals surface area contributed by atoms with Gasteiger partial charge in [0.05, 0.1) is 38.1 Å². The second-order valence-electron chi connectivity index (χ2n) is 8.55. The van der Waals surface area contributed by atoms with Gasteiger partial charge in [-0.15, -0.1) is 0 Å². The van der Waals surface area contributed by atoms with Crippen molar-refractivity contribution in [1.82, 2.24) is 19.8 Å². The summed E-state index contributed by atoms with van der Waals surface area (Å²) in [6.07, 6.45) is 8.20. The minimum atomic E-state index is 0.725. The first-order valence-corrected chi connectivity index (χ1v) is 11.6. The number of pyridine rings is 1. The molecule has 0 radical (unpaired) electrons.